The first kappa shape index (κ1) is 13.7. The van der Waals surface area contributed by atoms with Gasteiger partial charge in [0.25, 0.3) is 0 Å². The van der Waals surface area contributed by atoms with Gasteiger partial charge in [0.2, 0.25) is 10.0 Å². The van der Waals surface area contributed by atoms with Crippen molar-refractivity contribution >= 4 is 10.0 Å². The van der Waals surface area contributed by atoms with Crippen molar-refractivity contribution in [2.45, 2.75) is 18.7 Å². The third-order valence-electron chi connectivity index (χ3n) is 2.17. The zero-order valence-electron chi connectivity index (χ0n) is 9.95. The fourth-order valence-corrected chi connectivity index (χ4v) is 2.49. The van der Waals surface area contributed by atoms with Gasteiger partial charge in [-0.15, -0.1) is 0 Å². The molecule has 92 valence electrons. The maximum Gasteiger partial charge on any atom is 0.240 e. The van der Waals surface area contributed by atoms with Crippen LogP contribution < -0.4 is 10.5 Å². The van der Waals surface area contributed by atoms with E-state index in [-0.39, 0.29) is 11.4 Å². The van der Waals surface area contributed by atoms with E-state index in [9.17, 15) is 8.42 Å². The van der Waals surface area contributed by atoms with Gasteiger partial charge in [0, 0.05) is 12.1 Å². The molecule has 0 unspecified atom stereocenters. The van der Waals surface area contributed by atoms with Crippen molar-refractivity contribution in [3.8, 4) is 11.8 Å². The maximum absolute atomic E-state index is 11.7. The molecule has 0 aliphatic heterocycles. The van der Waals surface area contributed by atoms with E-state index in [0.29, 0.717) is 6.54 Å². The summed E-state index contributed by atoms with van der Waals surface area (Å²) in [5.41, 5.74) is 6.91. The summed E-state index contributed by atoms with van der Waals surface area (Å²) < 4.78 is 25.9. The summed E-state index contributed by atoms with van der Waals surface area (Å²) in [5, 5.41) is 0. The Labute approximate surface area is 102 Å². The Morgan fingerprint density at radius 3 is 2.65 bits per heavy atom. The highest BCUT2D eigenvalue weighted by Gasteiger charge is 2.12. The first-order chi connectivity index (χ1) is 8.01. The van der Waals surface area contributed by atoms with E-state index in [4.69, 9.17) is 5.73 Å². The Hall–Kier alpha value is -1.35. The molecule has 0 atom stereocenters. The molecule has 0 amide bonds. The summed E-state index contributed by atoms with van der Waals surface area (Å²) in [5.74, 6) is 5.63. The van der Waals surface area contributed by atoms with Crippen LogP contribution in [0.5, 0.6) is 0 Å². The number of nitrogens with one attached hydrogen (secondary N) is 1. The molecule has 0 radical (unpaired) electrons. The first-order valence-electron chi connectivity index (χ1n) is 5.30. The molecule has 5 heteroatoms. The number of rotatable bonds is 3. The summed E-state index contributed by atoms with van der Waals surface area (Å²) in [6.45, 7) is 4.23. The molecule has 3 N–H and O–H groups in total. The van der Waals surface area contributed by atoms with Crippen molar-refractivity contribution in [3.05, 3.63) is 29.3 Å². The Kier molecular flexibility index (Phi) is 4.70. The van der Waals surface area contributed by atoms with E-state index in [1.165, 1.54) is 0 Å². The Bertz CT molecular complexity index is 554. The van der Waals surface area contributed by atoms with E-state index >= 15 is 0 Å². The summed E-state index contributed by atoms with van der Waals surface area (Å²) in [6.07, 6.45) is 0. The summed E-state index contributed by atoms with van der Waals surface area (Å²) in [7, 11) is -3.39. The molecule has 0 aliphatic rings. The van der Waals surface area contributed by atoms with Crippen molar-refractivity contribution in [1.29, 1.82) is 0 Å². The standard InChI is InChI=1S/C12H16N2O2S/c1-3-14-17(15,16)12-7-6-11(5-4-8-13)10(2)9-12/h6-7,9,14H,3,8,13H2,1-2H3. The molecule has 0 bridgehead atoms. The second kappa shape index (κ2) is 5.82. The number of aryl methyl sites for hydroxylation is 1. The lowest BCUT2D eigenvalue weighted by molar-refractivity contribution is 0.584. The van der Waals surface area contributed by atoms with Crippen molar-refractivity contribution in [2.24, 2.45) is 5.73 Å². The zero-order chi connectivity index (χ0) is 12.9. The van der Waals surface area contributed by atoms with Gasteiger partial charge in [0.1, 0.15) is 0 Å². The van der Waals surface area contributed by atoms with Gasteiger partial charge in [-0.2, -0.15) is 0 Å². The lowest BCUT2D eigenvalue weighted by Gasteiger charge is -2.06. The summed E-state index contributed by atoms with van der Waals surface area (Å²) >= 11 is 0. The van der Waals surface area contributed by atoms with Crippen LogP contribution in [0, 0.1) is 18.8 Å². The van der Waals surface area contributed by atoms with E-state index in [1.54, 1.807) is 25.1 Å². The largest absolute Gasteiger partial charge is 0.320 e. The van der Waals surface area contributed by atoms with E-state index < -0.39 is 10.0 Å². The van der Waals surface area contributed by atoms with Crippen molar-refractivity contribution < 1.29 is 8.42 Å². The molecule has 0 fully saturated rings. The van der Waals surface area contributed by atoms with Crippen LogP contribution in [0.2, 0.25) is 0 Å². The Balaban J connectivity index is 3.13. The third kappa shape index (κ3) is 3.56. The first-order valence-corrected chi connectivity index (χ1v) is 6.79. The van der Waals surface area contributed by atoms with Gasteiger partial charge in [-0.05, 0) is 30.7 Å². The van der Waals surface area contributed by atoms with Crippen molar-refractivity contribution in [2.75, 3.05) is 13.1 Å². The molecule has 0 saturated carbocycles. The highest BCUT2D eigenvalue weighted by Crippen LogP contribution is 2.14. The monoisotopic (exact) mass is 252 g/mol. The van der Waals surface area contributed by atoms with E-state index in [1.807, 2.05) is 6.92 Å². The van der Waals surface area contributed by atoms with Crippen LogP contribution >= 0.6 is 0 Å². The average molecular weight is 252 g/mol. The second-order valence-electron chi connectivity index (χ2n) is 3.48. The van der Waals surface area contributed by atoms with Crippen molar-refractivity contribution in [3.63, 3.8) is 0 Å². The molecular formula is C12H16N2O2S. The van der Waals surface area contributed by atoms with Crippen LogP contribution in [-0.4, -0.2) is 21.5 Å². The topological polar surface area (TPSA) is 72.2 Å². The van der Waals surface area contributed by atoms with Crippen LogP contribution in [0.25, 0.3) is 0 Å². The molecule has 0 aromatic heterocycles. The lowest BCUT2D eigenvalue weighted by atomic mass is 10.1. The van der Waals surface area contributed by atoms with Crippen LogP contribution in [0.1, 0.15) is 18.1 Å². The molecule has 0 spiro atoms. The SMILES string of the molecule is CCNS(=O)(=O)c1ccc(C#CCN)c(C)c1. The highest BCUT2D eigenvalue weighted by molar-refractivity contribution is 7.89. The van der Waals surface area contributed by atoms with Crippen LogP contribution in [0.15, 0.2) is 23.1 Å². The molecule has 0 heterocycles. The van der Waals surface area contributed by atoms with Crippen molar-refractivity contribution in [1.82, 2.24) is 4.72 Å². The number of hydrogen-bond donors (Lipinski definition) is 2. The van der Waals surface area contributed by atoms with Crippen LogP contribution in [-0.2, 0) is 10.0 Å². The van der Waals surface area contributed by atoms with Gasteiger partial charge in [0.15, 0.2) is 0 Å². The lowest BCUT2D eigenvalue weighted by Crippen LogP contribution is -2.23. The maximum atomic E-state index is 11.7. The van der Waals surface area contributed by atoms with Crippen LogP contribution in [0.3, 0.4) is 0 Å². The molecular weight excluding hydrogens is 236 g/mol. The minimum atomic E-state index is -3.39. The Morgan fingerprint density at radius 2 is 2.12 bits per heavy atom. The zero-order valence-corrected chi connectivity index (χ0v) is 10.8. The predicted octanol–water partition coefficient (Wildman–Crippen LogP) is 0.603. The number of hydrogen-bond acceptors (Lipinski definition) is 3. The predicted molar refractivity (Wildman–Crippen MR) is 68.0 cm³/mol. The van der Waals surface area contributed by atoms with Crippen LogP contribution in [0.4, 0.5) is 0 Å². The second-order valence-corrected chi connectivity index (χ2v) is 5.25. The smallest absolute Gasteiger partial charge is 0.240 e. The molecule has 1 aromatic carbocycles. The summed E-state index contributed by atoms with van der Waals surface area (Å²) in [6, 6.07) is 4.85. The third-order valence-corrected chi connectivity index (χ3v) is 3.71. The van der Waals surface area contributed by atoms with E-state index in [2.05, 4.69) is 16.6 Å². The normalized spacial score (nSPS) is 10.8. The molecule has 1 rings (SSSR count). The molecule has 17 heavy (non-hydrogen) atoms. The molecule has 4 nitrogen and oxygen atoms in total. The minimum absolute atomic E-state index is 0.259. The van der Waals surface area contributed by atoms with Gasteiger partial charge in [-0.3, -0.25) is 0 Å². The molecule has 1 aromatic rings. The minimum Gasteiger partial charge on any atom is -0.320 e. The van der Waals surface area contributed by atoms with Gasteiger partial charge >= 0.3 is 0 Å². The number of benzene rings is 1. The van der Waals surface area contributed by atoms with Gasteiger partial charge in [0.05, 0.1) is 11.4 Å². The highest BCUT2D eigenvalue weighted by atomic mass is 32.2. The fraction of sp³-hybridized carbons (Fsp3) is 0.333. The van der Waals surface area contributed by atoms with Gasteiger partial charge < -0.3 is 5.73 Å². The average Bonchev–Trinajstić information content (AvgIpc) is 2.27. The van der Waals surface area contributed by atoms with Gasteiger partial charge in [-0.25, -0.2) is 13.1 Å². The van der Waals surface area contributed by atoms with Gasteiger partial charge in [-0.1, -0.05) is 18.8 Å². The Morgan fingerprint density at radius 1 is 1.41 bits per heavy atom. The number of nitrogens with two attached hydrogens (primary N) is 1. The summed E-state index contributed by atoms with van der Waals surface area (Å²) in [4.78, 5) is 0.259. The quantitative estimate of drug-likeness (QED) is 0.774. The molecule has 0 saturated heterocycles. The van der Waals surface area contributed by atoms with E-state index in [0.717, 1.165) is 11.1 Å². The number of sulfonamides is 1. The fourth-order valence-electron chi connectivity index (χ4n) is 1.36. The molecule has 0 aliphatic carbocycles.